The molecule has 1 aliphatic rings. The number of halogens is 1. The highest BCUT2D eigenvalue weighted by molar-refractivity contribution is 5.91. The van der Waals surface area contributed by atoms with E-state index < -0.39 is 5.54 Å². The monoisotopic (exact) mass is 329 g/mol. The van der Waals surface area contributed by atoms with Crippen LogP contribution in [0.1, 0.15) is 43.2 Å². The molecular weight excluding hydrogens is 306 g/mol. The Kier molecular flexibility index (Phi) is 6.90. The maximum absolute atomic E-state index is 12.2. The van der Waals surface area contributed by atoms with Gasteiger partial charge in [-0.05, 0) is 31.9 Å². The largest absolute Gasteiger partial charge is 0.459 e. The van der Waals surface area contributed by atoms with Gasteiger partial charge in [0.15, 0.2) is 5.76 Å². The maximum atomic E-state index is 12.2. The summed E-state index contributed by atoms with van der Waals surface area (Å²) in [7, 11) is 0. The summed E-state index contributed by atoms with van der Waals surface area (Å²) in [4.78, 5) is 23.8. The number of rotatable bonds is 5. The summed E-state index contributed by atoms with van der Waals surface area (Å²) in [6.45, 7) is 2.69. The molecule has 124 valence electrons. The predicted octanol–water partition coefficient (Wildman–Crippen LogP) is 1.46. The molecule has 2 atom stereocenters. The van der Waals surface area contributed by atoms with E-state index in [9.17, 15) is 9.59 Å². The molecule has 1 aliphatic carbocycles. The fraction of sp³-hybridized carbons (Fsp3) is 0.600. The van der Waals surface area contributed by atoms with E-state index in [0.29, 0.717) is 13.1 Å². The highest BCUT2D eigenvalue weighted by Gasteiger charge is 2.37. The van der Waals surface area contributed by atoms with E-state index in [2.05, 4.69) is 10.6 Å². The second kappa shape index (κ2) is 8.19. The van der Waals surface area contributed by atoms with Crippen molar-refractivity contribution in [1.29, 1.82) is 0 Å². The molecule has 6 nitrogen and oxygen atoms in total. The van der Waals surface area contributed by atoms with Crippen molar-refractivity contribution in [2.75, 3.05) is 13.1 Å². The van der Waals surface area contributed by atoms with Crippen LogP contribution in [0, 0.1) is 5.92 Å². The van der Waals surface area contributed by atoms with Crippen molar-refractivity contribution in [2.24, 2.45) is 11.7 Å². The fourth-order valence-corrected chi connectivity index (χ4v) is 2.77. The lowest BCUT2D eigenvalue weighted by Crippen LogP contribution is -2.53. The Morgan fingerprint density at radius 3 is 2.73 bits per heavy atom. The van der Waals surface area contributed by atoms with Crippen LogP contribution in [-0.4, -0.2) is 30.4 Å². The highest BCUT2D eigenvalue weighted by Crippen LogP contribution is 2.31. The number of carbonyl (C=O) groups excluding carboxylic acids is 2. The molecule has 22 heavy (non-hydrogen) atoms. The number of furan rings is 1. The third-order valence-electron chi connectivity index (χ3n) is 4.03. The van der Waals surface area contributed by atoms with Gasteiger partial charge in [-0.3, -0.25) is 9.59 Å². The van der Waals surface area contributed by atoms with E-state index in [4.69, 9.17) is 10.2 Å². The number of nitrogens with two attached hydrogens (primary N) is 1. The normalized spacial score (nSPS) is 24.2. The van der Waals surface area contributed by atoms with Crippen LogP contribution in [0.4, 0.5) is 0 Å². The predicted molar refractivity (Wildman–Crippen MR) is 85.8 cm³/mol. The van der Waals surface area contributed by atoms with Crippen molar-refractivity contribution in [3.63, 3.8) is 0 Å². The molecule has 1 saturated carbocycles. The molecule has 1 heterocycles. The Morgan fingerprint density at radius 2 is 2.09 bits per heavy atom. The van der Waals surface area contributed by atoms with Crippen molar-refractivity contribution in [3.05, 3.63) is 24.2 Å². The van der Waals surface area contributed by atoms with Crippen molar-refractivity contribution in [1.82, 2.24) is 10.6 Å². The highest BCUT2D eigenvalue weighted by atomic mass is 35.5. The first-order chi connectivity index (χ1) is 10.0. The van der Waals surface area contributed by atoms with Crippen LogP contribution in [0.15, 0.2) is 22.8 Å². The van der Waals surface area contributed by atoms with E-state index in [1.165, 1.54) is 6.26 Å². The van der Waals surface area contributed by atoms with Gasteiger partial charge in [-0.15, -0.1) is 12.4 Å². The van der Waals surface area contributed by atoms with Crippen molar-refractivity contribution in [3.8, 4) is 0 Å². The topological polar surface area (TPSA) is 97.4 Å². The van der Waals surface area contributed by atoms with Gasteiger partial charge in [0, 0.05) is 18.6 Å². The summed E-state index contributed by atoms with van der Waals surface area (Å²) in [6, 6.07) is 3.25. The molecule has 1 aromatic rings. The fourth-order valence-electron chi connectivity index (χ4n) is 2.77. The van der Waals surface area contributed by atoms with Crippen molar-refractivity contribution in [2.45, 2.75) is 38.1 Å². The van der Waals surface area contributed by atoms with Crippen LogP contribution in [0.3, 0.4) is 0 Å². The van der Waals surface area contributed by atoms with Crippen LogP contribution in [-0.2, 0) is 4.79 Å². The lowest BCUT2D eigenvalue weighted by molar-refractivity contribution is -0.128. The number of hydrogen-bond donors (Lipinski definition) is 3. The number of amides is 2. The molecule has 0 aromatic carbocycles. The molecule has 1 fully saturated rings. The number of nitrogens with one attached hydrogen (secondary N) is 2. The lowest BCUT2D eigenvalue weighted by Gasteiger charge is -2.37. The van der Waals surface area contributed by atoms with Gasteiger partial charge in [0.2, 0.25) is 5.91 Å². The van der Waals surface area contributed by atoms with Gasteiger partial charge >= 0.3 is 0 Å². The van der Waals surface area contributed by atoms with Gasteiger partial charge in [0.1, 0.15) is 0 Å². The third-order valence-corrected chi connectivity index (χ3v) is 4.03. The zero-order valence-electron chi connectivity index (χ0n) is 12.8. The molecule has 1 aromatic heterocycles. The maximum Gasteiger partial charge on any atom is 0.287 e. The van der Waals surface area contributed by atoms with E-state index in [1.54, 1.807) is 12.1 Å². The first-order valence-corrected chi connectivity index (χ1v) is 7.39. The number of carbonyl (C=O) groups is 2. The third kappa shape index (κ3) is 4.74. The van der Waals surface area contributed by atoms with E-state index >= 15 is 0 Å². The first-order valence-electron chi connectivity index (χ1n) is 7.39. The zero-order chi connectivity index (χ0) is 15.3. The molecule has 0 saturated heterocycles. The summed E-state index contributed by atoms with van der Waals surface area (Å²) in [5, 5.41) is 5.53. The van der Waals surface area contributed by atoms with Crippen LogP contribution < -0.4 is 16.4 Å². The van der Waals surface area contributed by atoms with Crippen molar-refractivity contribution < 1.29 is 14.0 Å². The zero-order valence-corrected chi connectivity index (χ0v) is 13.6. The van der Waals surface area contributed by atoms with Gasteiger partial charge in [0.25, 0.3) is 5.91 Å². The summed E-state index contributed by atoms with van der Waals surface area (Å²) in [5.41, 5.74) is 5.77. The second-order valence-electron chi connectivity index (χ2n) is 5.83. The van der Waals surface area contributed by atoms with Gasteiger partial charge < -0.3 is 20.8 Å². The summed E-state index contributed by atoms with van der Waals surface area (Å²) < 4.78 is 4.98. The van der Waals surface area contributed by atoms with Gasteiger partial charge in [-0.2, -0.15) is 0 Å². The quantitative estimate of drug-likeness (QED) is 0.712. The van der Waals surface area contributed by atoms with Gasteiger partial charge in [-0.25, -0.2) is 0 Å². The smallest absolute Gasteiger partial charge is 0.287 e. The number of hydrogen-bond acceptors (Lipinski definition) is 4. The van der Waals surface area contributed by atoms with E-state index in [0.717, 1.165) is 25.7 Å². The van der Waals surface area contributed by atoms with Crippen LogP contribution in [0.5, 0.6) is 0 Å². The van der Waals surface area contributed by atoms with Crippen LogP contribution in [0.25, 0.3) is 0 Å². The Labute approximate surface area is 136 Å². The molecule has 0 spiro atoms. The first kappa shape index (κ1) is 18.5. The molecular formula is C15H24ClN3O3. The minimum absolute atomic E-state index is 0. The lowest BCUT2D eigenvalue weighted by atomic mass is 9.74. The summed E-state index contributed by atoms with van der Waals surface area (Å²) >= 11 is 0. The van der Waals surface area contributed by atoms with Crippen LogP contribution in [0.2, 0.25) is 0 Å². The molecule has 2 rings (SSSR count). The molecule has 2 amide bonds. The summed E-state index contributed by atoms with van der Waals surface area (Å²) in [6.07, 6.45) is 5.27. The van der Waals surface area contributed by atoms with Crippen LogP contribution >= 0.6 is 12.4 Å². The Balaban J connectivity index is 0.00000242. The molecule has 2 unspecified atom stereocenters. The SMILES string of the molecule is CC1(N)CCCCC1C(=O)NCCNC(=O)c1ccco1.Cl. The molecule has 0 aliphatic heterocycles. The Hall–Kier alpha value is -1.53. The average molecular weight is 330 g/mol. The Morgan fingerprint density at radius 1 is 1.36 bits per heavy atom. The molecule has 4 N–H and O–H groups in total. The minimum Gasteiger partial charge on any atom is -0.459 e. The summed E-state index contributed by atoms with van der Waals surface area (Å²) in [5.74, 6) is -0.183. The minimum atomic E-state index is -0.431. The van der Waals surface area contributed by atoms with E-state index in [-0.39, 0.29) is 35.9 Å². The van der Waals surface area contributed by atoms with E-state index in [1.807, 2.05) is 6.92 Å². The molecule has 0 bridgehead atoms. The second-order valence-corrected chi connectivity index (χ2v) is 5.83. The van der Waals surface area contributed by atoms with Gasteiger partial charge in [-0.1, -0.05) is 12.8 Å². The van der Waals surface area contributed by atoms with Crippen molar-refractivity contribution >= 4 is 24.2 Å². The Bertz CT molecular complexity index is 488. The van der Waals surface area contributed by atoms with Gasteiger partial charge in [0.05, 0.1) is 12.2 Å². The average Bonchev–Trinajstić information content (AvgIpc) is 2.96. The standard InChI is InChI=1S/C15H23N3O3.ClH/c1-15(16)7-3-2-5-11(15)13(19)17-8-9-18-14(20)12-6-4-10-21-12;/h4,6,10-11H,2-3,5,7-9,16H2,1H3,(H,17,19)(H,18,20);1H. The molecule has 7 heteroatoms. The molecule has 0 radical (unpaired) electrons.